The summed E-state index contributed by atoms with van der Waals surface area (Å²) in [6.07, 6.45) is 3.01. The number of nitrogens with one attached hydrogen (secondary N) is 2. The maximum absolute atomic E-state index is 11.5. The summed E-state index contributed by atoms with van der Waals surface area (Å²) in [6.45, 7) is 4.28. The van der Waals surface area contributed by atoms with Crippen LogP contribution in [0, 0.1) is 0 Å². The van der Waals surface area contributed by atoms with Crippen molar-refractivity contribution in [1.82, 2.24) is 10.6 Å². The maximum Gasteiger partial charge on any atom is 0.317 e. The molecule has 0 aliphatic carbocycles. The first kappa shape index (κ1) is 17.6. The topological polar surface area (TPSA) is 59.6 Å². The Morgan fingerprint density at radius 3 is 2.57 bits per heavy atom. The summed E-state index contributed by atoms with van der Waals surface area (Å²) in [5.41, 5.74) is 0. The van der Waals surface area contributed by atoms with E-state index in [1.54, 1.807) is 24.3 Å². The second-order valence-electron chi connectivity index (χ2n) is 4.49. The number of rotatable bonds is 10. The number of urea groups is 1. The molecule has 2 amide bonds. The summed E-state index contributed by atoms with van der Waals surface area (Å²) < 4.78 is 10.7. The van der Waals surface area contributed by atoms with Crippen molar-refractivity contribution in [2.75, 3.05) is 26.5 Å². The third kappa shape index (κ3) is 9.15. The molecule has 0 spiro atoms. The first-order valence-corrected chi connectivity index (χ1v) is 7.58. The van der Waals surface area contributed by atoms with E-state index >= 15 is 0 Å². The molecule has 1 rings (SSSR count). The molecule has 0 atom stereocenters. The van der Waals surface area contributed by atoms with Crippen molar-refractivity contribution in [3.8, 4) is 5.75 Å². The second kappa shape index (κ2) is 11.2. The molecule has 21 heavy (non-hydrogen) atoms. The Bertz CT molecular complexity index is 398. The zero-order valence-corrected chi connectivity index (χ0v) is 13.1. The average Bonchev–Trinajstić information content (AvgIpc) is 2.48. The molecule has 2 N–H and O–H groups in total. The first-order chi connectivity index (χ1) is 10.2. The Morgan fingerprint density at radius 1 is 1.14 bits per heavy atom. The zero-order chi connectivity index (χ0) is 15.3. The van der Waals surface area contributed by atoms with Crippen LogP contribution in [0.25, 0.3) is 0 Å². The number of benzene rings is 1. The standard InChI is InChI=1S/C15H23ClN2O3/c1-2-3-10-20-11-4-9-17-15(19)18-12-21-14-7-5-13(16)6-8-14/h5-8H,2-4,9-12H2,1H3,(H2,17,18,19). The molecule has 0 aliphatic heterocycles. The lowest BCUT2D eigenvalue weighted by Crippen LogP contribution is -2.38. The molecule has 0 aromatic heterocycles. The van der Waals surface area contributed by atoms with Gasteiger partial charge in [0.15, 0.2) is 6.73 Å². The van der Waals surface area contributed by atoms with Gasteiger partial charge in [-0.3, -0.25) is 0 Å². The smallest absolute Gasteiger partial charge is 0.317 e. The van der Waals surface area contributed by atoms with E-state index in [4.69, 9.17) is 21.1 Å². The van der Waals surface area contributed by atoms with Gasteiger partial charge in [-0.05, 0) is 37.1 Å². The van der Waals surface area contributed by atoms with E-state index in [2.05, 4.69) is 17.6 Å². The van der Waals surface area contributed by atoms with Gasteiger partial charge >= 0.3 is 6.03 Å². The van der Waals surface area contributed by atoms with Crippen molar-refractivity contribution in [2.24, 2.45) is 0 Å². The number of amides is 2. The molecule has 0 bridgehead atoms. The number of carbonyl (C=O) groups is 1. The number of hydrogen-bond acceptors (Lipinski definition) is 3. The van der Waals surface area contributed by atoms with Crippen molar-refractivity contribution in [3.05, 3.63) is 29.3 Å². The molecule has 0 radical (unpaired) electrons. The van der Waals surface area contributed by atoms with E-state index in [0.717, 1.165) is 25.9 Å². The van der Waals surface area contributed by atoms with Crippen LogP contribution in [0.2, 0.25) is 5.02 Å². The Morgan fingerprint density at radius 2 is 1.86 bits per heavy atom. The minimum Gasteiger partial charge on any atom is -0.473 e. The van der Waals surface area contributed by atoms with E-state index in [1.165, 1.54) is 0 Å². The van der Waals surface area contributed by atoms with Gasteiger partial charge < -0.3 is 20.1 Å². The molecule has 0 saturated heterocycles. The molecule has 5 nitrogen and oxygen atoms in total. The Balaban J connectivity index is 1.97. The van der Waals surface area contributed by atoms with Gasteiger partial charge in [0.25, 0.3) is 0 Å². The van der Waals surface area contributed by atoms with Crippen LogP contribution in [-0.4, -0.2) is 32.5 Å². The van der Waals surface area contributed by atoms with E-state index in [0.29, 0.717) is 23.9 Å². The van der Waals surface area contributed by atoms with E-state index < -0.39 is 0 Å². The summed E-state index contributed by atoms with van der Waals surface area (Å²) in [5.74, 6) is 0.657. The van der Waals surface area contributed by atoms with E-state index in [9.17, 15) is 4.79 Å². The molecule has 6 heteroatoms. The van der Waals surface area contributed by atoms with Crippen LogP contribution in [0.1, 0.15) is 26.2 Å². The SMILES string of the molecule is CCCCOCCCNC(=O)NCOc1ccc(Cl)cc1. The number of unbranched alkanes of at least 4 members (excludes halogenated alkanes) is 1. The molecule has 1 aromatic carbocycles. The van der Waals surface area contributed by atoms with Crippen molar-refractivity contribution in [1.29, 1.82) is 0 Å². The van der Waals surface area contributed by atoms with Crippen molar-refractivity contribution < 1.29 is 14.3 Å². The number of hydrogen-bond donors (Lipinski definition) is 2. The van der Waals surface area contributed by atoms with Gasteiger partial charge in [-0.15, -0.1) is 0 Å². The molecule has 0 heterocycles. The fourth-order valence-electron chi connectivity index (χ4n) is 1.50. The quantitative estimate of drug-likeness (QED) is 0.515. The van der Waals surface area contributed by atoms with Crippen LogP contribution in [-0.2, 0) is 4.74 Å². The minimum absolute atomic E-state index is 0.112. The van der Waals surface area contributed by atoms with Gasteiger partial charge in [-0.2, -0.15) is 0 Å². The molecular weight excluding hydrogens is 292 g/mol. The third-order valence-electron chi connectivity index (χ3n) is 2.68. The highest BCUT2D eigenvalue weighted by molar-refractivity contribution is 6.30. The fourth-order valence-corrected chi connectivity index (χ4v) is 1.63. The summed E-state index contributed by atoms with van der Waals surface area (Å²) >= 11 is 5.76. The lowest BCUT2D eigenvalue weighted by molar-refractivity contribution is 0.129. The third-order valence-corrected chi connectivity index (χ3v) is 2.93. The van der Waals surface area contributed by atoms with Gasteiger partial charge in [-0.1, -0.05) is 24.9 Å². The number of carbonyl (C=O) groups excluding carboxylic acids is 1. The van der Waals surface area contributed by atoms with Gasteiger partial charge in [0.1, 0.15) is 5.75 Å². The van der Waals surface area contributed by atoms with Crippen LogP contribution < -0.4 is 15.4 Å². The lowest BCUT2D eigenvalue weighted by atomic mass is 10.3. The molecular formula is C15H23ClN2O3. The lowest BCUT2D eigenvalue weighted by Gasteiger charge is -2.09. The molecule has 0 saturated carbocycles. The van der Waals surface area contributed by atoms with E-state index in [1.807, 2.05) is 0 Å². The monoisotopic (exact) mass is 314 g/mol. The Labute approximate surface area is 131 Å². The second-order valence-corrected chi connectivity index (χ2v) is 4.93. The summed E-state index contributed by atoms with van der Waals surface area (Å²) in [7, 11) is 0. The largest absolute Gasteiger partial charge is 0.473 e. The highest BCUT2D eigenvalue weighted by Gasteiger charge is 1.99. The summed E-state index contributed by atoms with van der Waals surface area (Å²) in [5, 5.41) is 6.00. The fraction of sp³-hybridized carbons (Fsp3) is 0.533. The zero-order valence-electron chi connectivity index (χ0n) is 12.4. The maximum atomic E-state index is 11.5. The predicted octanol–water partition coefficient (Wildman–Crippen LogP) is 3.18. The molecule has 0 unspecified atom stereocenters. The molecule has 118 valence electrons. The summed E-state index contributed by atoms with van der Waals surface area (Å²) in [4.78, 5) is 11.5. The highest BCUT2D eigenvalue weighted by atomic mass is 35.5. The number of ether oxygens (including phenoxy) is 2. The van der Waals surface area contributed by atoms with Gasteiger partial charge in [0, 0.05) is 24.8 Å². The molecule has 0 fully saturated rings. The van der Waals surface area contributed by atoms with Crippen LogP contribution >= 0.6 is 11.6 Å². The number of halogens is 1. The summed E-state index contributed by atoms with van der Waals surface area (Å²) in [6, 6.07) is 6.70. The van der Waals surface area contributed by atoms with Gasteiger partial charge in [-0.25, -0.2) is 4.79 Å². The van der Waals surface area contributed by atoms with Crippen molar-refractivity contribution in [2.45, 2.75) is 26.2 Å². The van der Waals surface area contributed by atoms with Crippen molar-refractivity contribution in [3.63, 3.8) is 0 Å². The van der Waals surface area contributed by atoms with Gasteiger partial charge in [0.2, 0.25) is 0 Å². The van der Waals surface area contributed by atoms with Crippen LogP contribution in [0.15, 0.2) is 24.3 Å². The first-order valence-electron chi connectivity index (χ1n) is 7.20. The van der Waals surface area contributed by atoms with Crippen LogP contribution in [0.3, 0.4) is 0 Å². The Hall–Kier alpha value is -1.46. The molecule has 0 aliphatic rings. The minimum atomic E-state index is -0.252. The molecule has 1 aromatic rings. The van der Waals surface area contributed by atoms with E-state index in [-0.39, 0.29) is 12.8 Å². The van der Waals surface area contributed by atoms with Crippen molar-refractivity contribution >= 4 is 17.6 Å². The Kier molecular flexibility index (Phi) is 9.40. The predicted molar refractivity (Wildman–Crippen MR) is 83.8 cm³/mol. The highest BCUT2D eigenvalue weighted by Crippen LogP contribution is 2.14. The normalized spacial score (nSPS) is 10.2. The van der Waals surface area contributed by atoms with Crippen LogP contribution in [0.5, 0.6) is 5.75 Å². The van der Waals surface area contributed by atoms with Crippen LogP contribution in [0.4, 0.5) is 4.79 Å². The van der Waals surface area contributed by atoms with Gasteiger partial charge in [0.05, 0.1) is 0 Å². The average molecular weight is 315 g/mol.